The van der Waals surface area contributed by atoms with Crippen LogP contribution >= 0.6 is 11.6 Å². The SMILES string of the molecule is CCc1ccc(NC(=O)N(CC(=O)Nc2cc(C(C)(C)C)nn2-c2ccccc2Cl)CC(C)C)cc1. The first-order valence-electron chi connectivity index (χ1n) is 12.3. The van der Waals surface area contributed by atoms with Crippen molar-refractivity contribution in [1.82, 2.24) is 14.7 Å². The lowest BCUT2D eigenvalue weighted by Gasteiger charge is -2.24. The third kappa shape index (κ3) is 7.10. The summed E-state index contributed by atoms with van der Waals surface area (Å²) in [5.41, 5.74) is 3.12. The Labute approximate surface area is 218 Å². The van der Waals surface area contributed by atoms with Crippen molar-refractivity contribution in [3.63, 3.8) is 0 Å². The van der Waals surface area contributed by atoms with Gasteiger partial charge in [0.05, 0.1) is 16.4 Å². The van der Waals surface area contributed by atoms with Gasteiger partial charge in [-0.05, 0) is 42.2 Å². The molecular formula is C28H36ClN5O2. The van der Waals surface area contributed by atoms with Crippen molar-refractivity contribution in [2.75, 3.05) is 23.7 Å². The Morgan fingerprint density at radius 3 is 2.31 bits per heavy atom. The summed E-state index contributed by atoms with van der Waals surface area (Å²) in [6.45, 7) is 12.6. The monoisotopic (exact) mass is 509 g/mol. The number of halogens is 1. The minimum atomic E-state index is -0.321. The van der Waals surface area contributed by atoms with Crippen LogP contribution in [0.1, 0.15) is 52.8 Å². The van der Waals surface area contributed by atoms with Crippen LogP contribution in [0.15, 0.2) is 54.6 Å². The third-order valence-corrected chi connectivity index (χ3v) is 5.97. The summed E-state index contributed by atoms with van der Waals surface area (Å²) in [5.74, 6) is 0.367. The van der Waals surface area contributed by atoms with Gasteiger partial charge in [0.2, 0.25) is 5.91 Å². The molecule has 3 amide bonds. The maximum atomic E-state index is 13.2. The average Bonchev–Trinajstić information content (AvgIpc) is 3.23. The van der Waals surface area contributed by atoms with Crippen molar-refractivity contribution in [2.45, 2.75) is 53.4 Å². The van der Waals surface area contributed by atoms with Crippen LogP contribution in [0, 0.1) is 5.92 Å². The number of aryl methyl sites for hydroxylation is 1. The van der Waals surface area contributed by atoms with E-state index in [1.54, 1.807) is 10.7 Å². The van der Waals surface area contributed by atoms with Gasteiger partial charge < -0.3 is 15.5 Å². The number of amides is 3. The Balaban J connectivity index is 1.81. The molecule has 0 aliphatic rings. The summed E-state index contributed by atoms with van der Waals surface area (Å²) in [6, 6.07) is 16.6. The maximum absolute atomic E-state index is 13.2. The number of nitrogens with zero attached hydrogens (tertiary/aromatic N) is 3. The van der Waals surface area contributed by atoms with Crippen molar-refractivity contribution >= 4 is 35.0 Å². The molecule has 2 aromatic carbocycles. The summed E-state index contributed by atoms with van der Waals surface area (Å²) in [4.78, 5) is 27.7. The standard InChI is InChI=1S/C28H36ClN5O2/c1-7-20-12-14-21(15-13-20)30-27(36)33(17-19(2)3)18-26(35)31-25-16-24(28(4,5)6)32-34(25)23-11-9-8-10-22(23)29/h8-16,19H,7,17-18H2,1-6H3,(H,30,36)(H,31,35). The van der Waals surface area contributed by atoms with E-state index >= 15 is 0 Å². The van der Waals surface area contributed by atoms with Gasteiger partial charge in [-0.2, -0.15) is 5.10 Å². The van der Waals surface area contributed by atoms with Gasteiger partial charge in [-0.25, -0.2) is 9.48 Å². The van der Waals surface area contributed by atoms with E-state index in [-0.39, 0.29) is 29.8 Å². The minimum absolute atomic E-state index is 0.102. The van der Waals surface area contributed by atoms with E-state index in [9.17, 15) is 9.59 Å². The Morgan fingerprint density at radius 2 is 1.72 bits per heavy atom. The van der Waals surface area contributed by atoms with Gasteiger partial charge in [-0.1, -0.05) is 77.4 Å². The molecule has 36 heavy (non-hydrogen) atoms. The lowest BCUT2D eigenvalue weighted by atomic mass is 9.92. The number of nitrogens with one attached hydrogen (secondary N) is 2. The highest BCUT2D eigenvalue weighted by molar-refractivity contribution is 6.32. The van der Waals surface area contributed by atoms with Gasteiger partial charge in [0.15, 0.2) is 0 Å². The molecule has 0 spiro atoms. The van der Waals surface area contributed by atoms with Gasteiger partial charge in [-0.15, -0.1) is 0 Å². The molecule has 0 saturated heterocycles. The lowest BCUT2D eigenvalue weighted by molar-refractivity contribution is -0.116. The average molecular weight is 510 g/mol. The first kappa shape index (κ1) is 27.3. The molecule has 0 aliphatic heterocycles. The van der Waals surface area contributed by atoms with Crippen LogP contribution in [0.3, 0.4) is 0 Å². The number of hydrogen-bond donors (Lipinski definition) is 2. The zero-order valence-corrected chi connectivity index (χ0v) is 22.7. The fraction of sp³-hybridized carbons (Fsp3) is 0.393. The van der Waals surface area contributed by atoms with Crippen LogP contribution in [-0.4, -0.2) is 39.7 Å². The minimum Gasteiger partial charge on any atom is -0.315 e. The maximum Gasteiger partial charge on any atom is 0.322 e. The highest BCUT2D eigenvalue weighted by Crippen LogP contribution is 2.29. The van der Waals surface area contributed by atoms with Crippen molar-refractivity contribution in [3.05, 3.63) is 70.9 Å². The van der Waals surface area contributed by atoms with Gasteiger partial charge in [-0.3, -0.25) is 4.79 Å². The molecule has 192 valence electrons. The van der Waals surface area contributed by atoms with Crippen LogP contribution in [-0.2, 0) is 16.6 Å². The number of rotatable bonds is 8. The summed E-state index contributed by atoms with van der Waals surface area (Å²) < 4.78 is 1.64. The molecule has 8 heteroatoms. The van der Waals surface area contributed by atoms with E-state index in [1.807, 2.05) is 62.4 Å². The van der Waals surface area contributed by atoms with Gasteiger partial charge in [0, 0.05) is 23.7 Å². The summed E-state index contributed by atoms with van der Waals surface area (Å²) in [7, 11) is 0. The predicted molar refractivity (Wildman–Crippen MR) is 147 cm³/mol. The van der Waals surface area contributed by atoms with E-state index in [1.165, 1.54) is 10.5 Å². The molecule has 2 N–H and O–H groups in total. The molecule has 7 nitrogen and oxygen atoms in total. The number of carbonyl (C=O) groups excluding carboxylic acids is 2. The molecule has 3 rings (SSSR count). The normalized spacial score (nSPS) is 11.4. The summed E-state index contributed by atoms with van der Waals surface area (Å²) in [6.07, 6.45) is 0.926. The second-order valence-corrected chi connectivity index (χ2v) is 10.7. The van der Waals surface area contributed by atoms with Crippen LogP contribution in [0.4, 0.5) is 16.3 Å². The van der Waals surface area contributed by atoms with E-state index in [2.05, 4.69) is 38.3 Å². The van der Waals surface area contributed by atoms with E-state index in [4.69, 9.17) is 16.7 Å². The Morgan fingerprint density at radius 1 is 1.06 bits per heavy atom. The zero-order chi connectivity index (χ0) is 26.5. The molecule has 0 unspecified atom stereocenters. The molecular weight excluding hydrogens is 474 g/mol. The molecule has 0 aliphatic carbocycles. The smallest absolute Gasteiger partial charge is 0.315 e. The number of benzene rings is 2. The molecule has 0 bridgehead atoms. The van der Waals surface area contributed by atoms with Gasteiger partial charge in [0.25, 0.3) is 0 Å². The van der Waals surface area contributed by atoms with Gasteiger partial charge >= 0.3 is 6.03 Å². The van der Waals surface area contributed by atoms with Crippen molar-refractivity contribution in [2.24, 2.45) is 5.92 Å². The molecule has 3 aromatic rings. The molecule has 0 radical (unpaired) electrons. The number of urea groups is 1. The van der Waals surface area contributed by atoms with Crippen LogP contribution in [0.25, 0.3) is 5.69 Å². The number of para-hydroxylation sites is 1. The zero-order valence-electron chi connectivity index (χ0n) is 21.9. The Bertz CT molecular complexity index is 1200. The number of aromatic nitrogens is 2. The Kier molecular flexibility index (Phi) is 8.79. The van der Waals surface area contributed by atoms with Crippen molar-refractivity contribution in [1.29, 1.82) is 0 Å². The number of hydrogen-bond acceptors (Lipinski definition) is 3. The van der Waals surface area contributed by atoms with Crippen LogP contribution in [0.5, 0.6) is 0 Å². The highest BCUT2D eigenvalue weighted by atomic mass is 35.5. The van der Waals surface area contributed by atoms with E-state index in [0.717, 1.165) is 12.1 Å². The summed E-state index contributed by atoms with van der Waals surface area (Å²) >= 11 is 6.44. The van der Waals surface area contributed by atoms with E-state index < -0.39 is 0 Å². The quantitative estimate of drug-likeness (QED) is 0.363. The second-order valence-electron chi connectivity index (χ2n) is 10.3. The first-order chi connectivity index (χ1) is 17.0. The van der Waals surface area contributed by atoms with Crippen molar-refractivity contribution < 1.29 is 9.59 Å². The lowest BCUT2D eigenvalue weighted by Crippen LogP contribution is -2.42. The van der Waals surface area contributed by atoms with Crippen LogP contribution < -0.4 is 10.6 Å². The largest absolute Gasteiger partial charge is 0.322 e. The van der Waals surface area contributed by atoms with Crippen molar-refractivity contribution in [3.8, 4) is 5.69 Å². The fourth-order valence-electron chi connectivity index (χ4n) is 3.69. The predicted octanol–water partition coefficient (Wildman–Crippen LogP) is 6.51. The topological polar surface area (TPSA) is 79.3 Å². The first-order valence-corrected chi connectivity index (χ1v) is 12.7. The molecule has 1 heterocycles. The molecule has 0 saturated carbocycles. The van der Waals surface area contributed by atoms with E-state index in [0.29, 0.717) is 28.8 Å². The second kappa shape index (κ2) is 11.6. The Hall–Kier alpha value is -3.32. The number of anilines is 2. The van der Waals surface area contributed by atoms with Crippen LogP contribution in [0.2, 0.25) is 5.02 Å². The fourth-order valence-corrected chi connectivity index (χ4v) is 3.90. The molecule has 0 fully saturated rings. The third-order valence-electron chi connectivity index (χ3n) is 5.65. The number of carbonyl (C=O) groups is 2. The summed E-state index contributed by atoms with van der Waals surface area (Å²) in [5, 5.41) is 11.1. The van der Waals surface area contributed by atoms with Gasteiger partial charge in [0.1, 0.15) is 12.4 Å². The highest BCUT2D eigenvalue weighted by Gasteiger charge is 2.24. The molecule has 1 aromatic heterocycles. The molecule has 0 atom stereocenters.